The molecule has 0 saturated heterocycles. The first kappa shape index (κ1) is 19.2. The van der Waals surface area contributed by atoms with E-state index in [2.05, 4.69) is 10.6 Å². The molecule has 0 aliphatic rings. The lowest BCUT2D eigenvalue weighted by Crippen LogP contribution is -2.45. The number of nitrogens with one attached hydrogen (secondary N) is 2. The molecule has 136 valence electrons. The lowest BCUT2D eigenvalue weighted by Gasteiger charge is -2.22. The number of benzene rings is 2. The van der Waals surface area contributed by atoms with Crippen molar-refractivity contribution in [3.8, 4) is 0 Å². The van der Waals surface area contributed by atoms with Crippen LogP contribution in [-0.2, 0) is 11.3 Å². The molecule has 0 fully saturated rings. The minimum atomic E-state index is -0.641. The molecule has 0 saturated carbocycles. The van der Waals surface area contributed by atoms with E-state index < -0.39 is 6.04 Å². The van der Waals surface area contributed by atoms with Crippen molar-refractivity contribution in [1.29, 1.82) is 0 Å². The van der Waals surface area contributed by atoms with E-state index in [1.165, 1.54) is 0 Å². The standard InChI is InChI=1S/C20H23N3O3/c1-14(22-19(25)16-7-5-4-6-8-16)20(26)23(3)13-15-9-11-17(12-10-15)18(24)21-2/h4-12,14H,13H2,1-3H3,(H,21,24)(H,22,25)/t14-/m0/s1. The predicted molar refractivity (Wildman–Crippen MR) is 99.7 cm³/mol. The summed E-state index contributed by atoms with van der Waals surface area (Å²) in [7, 11) is 3.26. The minimum Gasteiger partial charge on any atom is -0.355 e. The van der Waals surface area contributed by atoms with Gasteiger partial charge in [-0.1, -0.05) is 30.3 Å². The van der Waals surface area contributed by atoms with Gasteiger partial charge in [-0.2, -0.15) is 0 Å². The van der Waals surface area contributed by atoms with E-state index in [4.69, 9.17) is 0 Å². The Kier molecular flexibility index (Phi) is 6.49. The summed E-state index contributed by atoms with van der Waals surface area (Å²) in [4.78, 5) is 37.7. The van der Waals surface area contributed by atoms with Crippen molar-refractivity contribution < 1.29 is 14.4 Å². The second kappa shape index (κ2) is 8.80. The highest BCUT2D eigenvalue weighted by Gasteiger charge is 2.20. The van der Waals surface area contributed by atoms with Gasteiger partial charge in [0.05, 0.1) is 0 Å². The van der Waals surface area contributed by atoms with E-state index in [1.807, 2.05) is 18.2 Å². The molecule has 0 aromatic heterocycles. The number of amides is 3. The Balaban J connectivity index is 1.93. The number of likely N-dealkylation sites (N-methyl/N-ethyl adjacent to an activating group) is 1. The smallest absolute Gasteiger partial charge is 0.251 e. The predicted octanol–water partition coefficient (Wildman–Crippen LogP) is 1.82. The Bertz CT molecular complexity index is 773. The maximum Gasteiger partial charge on any atom is 0.251 e. The first-order chi connectivity index (χ1) is 12.4. The molecule has 2 N–H and O–H groups in total. The zero-order valence-corrected chi connectivity index (χ0v) is 15.2. The molecule has 2 rings (SSSR count). The van der Waals surface area contributed by atoms with Crippen molar-refractivity contribution in [3.63, 3.8) is 0 Å². The molecular formula is C20H23N3O3. The van der Waals surface area contributed by atoms with Gasteiger partial charge in [0.25, 0.3) is 11.8 Å². The van der Waals surface area contributed by atoms with E-state index in [0.717, 1.165) is 5.56 Å². The van der Waals surface area contributed by atoms with Crippen LogP contribution in [0.4, 0.5) is 0 Å². The second-order valence-corrected chi connectivity index (χ2v) is 6.03. The molecule has 6 heteroatoms. The van der Waals surface area contributed by atoms with Crippen LogP contribution >= 0.6 is 0 Å². The molecule has 2 aromatic carbocycles. The zero-order chi connectivity index (χ0) is 19.1. The number of carbonyl (C=O) groups excluding carboxylic acids is 3. The van der Waals surface area contributed by atoms with Gasteiger partial charge in [-0.25, -0.2) is 0 Å². The van der Waals surface area contributed by atoms with Crippen LogP contribution in [0.2, 0.25) is 0 Å². The van der Waals surface area contributed by atoms with Crippen LogP contribution in [0.15, 0.2) is 54.6 Å². The van der Waals surface area contributed by atoms with Gasteiger partial charge in [0.1, 0.15) is 6.04 Å². The van der Waals surface area contributed by atoms with Crippen molar-refractivity contribution in [2.24, 2.45) is 0 Å². The third-order valence-electron chi connectivity index (χ3n) is 3.99. The Morgan fingerprint density at radius 3 is 2.08 bits per heavy atom. The summed E-state index contributed by atoms with van der Waals surface area (Å²) in [5.41, 5.74) is 1.98. The third-order valence-corrected chi connectivity index (χ3v) is 3.99. The molecule has 0 bridgehead atoms. The molecule has 26 heavy (non-hydrogen) atoms. The highest BCUT2D eigenvalue weighted by molar-refractivity contribution is 5.97. The number of hydrogen-bond acceptors (Lipinski definition) is 3. The largest absolute Gasteiger partial charge is 0.355 e. The third kappa shape index (κ3) is 4.92. The average molecular weight is 353 g/mol. The summed E-state index contributed by atoms with van der Waals surface area (Å²) < 4.78 is 0. The van der Waals surface area contributed by atoms with Crippen molar-refractivity contribution in [2.45, 2.75) is 19.5 Å². The highest BCUT2D eigenvalue weighted by atomic mass is 16.2. The Morgan fingerprint density at radius 2 is 1.50 bits per heavy atom. The van der Waals surface area contributed by atoms with Crippen LogP contribution < -0.4 is 10.6 Å². The van der Waals surface area contributed by atoms with Gasteiger partial charge >= 0.3 is 0 Å². The first-order valence-electron chi connectivity index (χ1n) is 8.34. The molecule has 3 amide bonds. The van der Waals surface area contributed by atoms with Crippen LogP contribution in [-0.4, -0.2) is 42.8 Å². The van der Waals surface area contributed by atoms with E-state index in [1.54, 1.807) is 62.3 Å². The van der Waals surface area contributed by atoms with Crippen LogP contribution in [0.5, 0.6) is 0 Å². The van der Waals surface area contributed by atoms with Gasteiger partial charge in [0.15, 0.2) is 0 Å². The summed E-state index contributed by atoms with van der Waals surface area (Å²) in [6.07, 6.45) is 0. The molecule has 0 aliphatic heterocycles. The van der Waals surface area contributed by atoms with Gasteiger partial charge in [-0.3, -0.25) is 14.4 Å². The molecule has 2 aromatic rings. The molecule has 0 heterocycles. The summed E-state index contributed by atoms with van der Waals surface area (Å²) in [5, 5.41) is 5.27. The topological polar surface area (TPSA) is 78.5 Å². The van der Waals surface area contributed by atoms with E-state index >= 15 is 0 Å². The molecule has 0 aliphatic carbocycles. The maximum absolute atomic E-state index is 12.5. The van der Waals surface area contributed by atoms with E-state index in [-0.39, 0.29) is 17.7 Å². The fourth-order valence-electron chi connectivity index (χ4n) is 2.52. The molecular weight excluding hydrogens is 330 g/mol. The summed E-state index contributed by atoms with van der Waals surface area (Å²) in [5.74, 6) is -0.627. The average Bonchev–Trinajstić information content (AvgIpc) is 2.67. The number of hydrogen-bond donors (Lipinski definition) is 2. The Labute approximate surface area is 153 Å². The Morgan fingerprint density at radius 1 is 0.923 bits per heavy atom. The molecule has 1 atom stereocenters. The summed E-state index contributed by atoms with van der Waals surface area (Å²) in [6.45, 7) is 2.05. The van der Waals surface area contributed by atoms with Crippen LogP contribution in [0.3, 0.4) is 0 Å². The first-order valence-corrected chi connectivity index (χ1v) is 8.34. The summed E-state index contributed by atoms with van der Waals surface area (Å²) in [6, 6.07) is 15.2. The van der Waals surface area contributed by atoms with Crippen LogP contribution in [0.25, 0.3) is 0 Å². The lowest BCUT2D eigenvalue weighted by atomic mass is 10.1. The van der Waals surface area contributed by atoms with E-state index in [0.29, 0.717) is 17.7 Å². The van der Waals surface area contributed by atoms with Crippen LogP contribution in [0, 0.1) is 0 Å². The van der Waals surface area contributed by atoms with Crippen molar-refractivity contribution in [1.82, 2.24) is 15.5 Å². The van der Waals surface area contributed by atoms with Gasteiger partial charge in [-0.05, 0) is 36.8 Å². The minimum absolute atomic E-state index is 0.154. The Hall–Kier alpha value is -3.15. The monoisotopic (exact) mass is 353 g/mol. The normalized spacial score (nSPS) is 11.3. The second-order valence-electron chi connectivity index (χ2n) is 6.03. The quantitative estimate of drug-likeness (QED) is 0.831. The zero-order valence-electron chi connectivity index (χ0n) is 15.2. The van der Waals surface area contributed by atoms with Gasteiger partial charge < -0.3 is 15.5 Å². The lowest BCUT2D eigenvalue weighted by molar-refractivity contribution is -0.132. The SMILES string of the molecule is CNC(=O)c1ccc(CN(C)C(=O)[C@H](C)NC(=O)c2ccccc2)cc1. The van der Waals surface area contributed by atoms with Gasteiger partial charge in [0, 0.05) is 31.8 Å². The van der Waals surface area contributed by atoms with Crippen molar-refractivity contribution in [3.05, 3.63) is 71.3 Å². The number of nitrogens with zero attached hydrogens (tertiary/aromatic N) is 1. The molecule has 6 nitrogen and oxygen atoms in total. The fourth-order valence-corrected chi connectivity index (χ4v) is 2.52. The fraction of sp³-hybridized carbons (Fsp3) is 0.250. The van der Waals surface area contributed by atoms with Crippen molar-refractivity contribution >= 4 is 17.7 Å². The highest BCUT2D eigenvalue weighted by Crippen LogP contribution is 2.08. The van der Waals surface area contributed by atoms with E-state index in [9.17, 15) is 14.4 Å². The maximum atomic E-state index is 12.5. The molecule has 0 radical (unpaired) electrons. The van der Waals surface area contributed by atoms with Crippen molar-refractivity contribution in [2.75, 3.05) is 14.1 Å². The molecule has 0 unspecified atom stereocenters. The van der Waals surface area contributed by atoms with Gasteiger partial charge in [-0.15, -0.1) is 0 Å². The number of carbonyl (C=O) groups is 3. The summed E-state index contributed by atoms with van der Waals surface area (Å²) >= 11 is 0. The number of rotatable bonds is 6. The molecule has 0 spiro atoms. The van der Waals surface area contributed by atoms with Crippen LogP contribution in [0.1, 0.15) is 33.2 Å². The van der Waals surface area contributed by atoms with Gasteiger partial charge in [0.2, 0.25) is 5.91 Å².